The van der Waals surface area contributed by atoms with Gasteiger partial charge in [-0.25, -0.2) is 9.97 Å². The summed E-state index contributed by atoms with van der Waals surface area (Å²) in [5.41, 5.74) is 2.24. The molecule has 0 saturated heterocycles. The number of benzene rings is 1. The highest BCUT2D eigenvalue weighted by atomic mass is 35.5. The highest BCUT2D eigenvalue weighted by Gasteiger charge is 2.44. The average molecular weight is 329 g/mol. The number of fused-ring (bicyclic) bond motifs is 2. The van der Waals surface area contributed by atoms with Gasteiger partial charge < -0.3 is 10.6 Å². The quantitative estimate of drug-likeness (QED) is 0.880. The Kier molecular flexibility index (Phi) is 3.45. The molecule has 0 unspecified atom stereocenters. The Balaban J connectivity index is 1.76. The lowest BCUT2D eigenvalue weighted by Crippen LogP contribution is -2.40. The first kappa shape index (κ1) is 14.5. The van der Waals surface area contributed by atoms with Gasteiger partial charge >= 0.3 is 0 Å². The molecule has 5 nitrogen and oxygen atoms in total. The van der Waals surface area contributed by atoms with E-state index in [4.69, 9.17) is 11.6 Å². The number of nitrogens with one attached hydrogen (secondary N) is 2. The molecule has 1 aliphatic carbocycles. The fraction of sp³-hybridized carbons (Fsp3) is 0.353. The lowest BCUT2D eigenvalue weighted by molar-refractivity contribution is 0.0909. The van der Waals surface area contributed by atoms with Crippen LogP contribution in [-0.4, -0.2) is 15.9 Å². The van der Waals surface area contributed by atoms with Crippen molar-refractivity contribution >= 4 is 29.0 Å². The number of hydrogen-bond acceptors (Lipinski definition) is 4. The SMILES string of the molecule is O=C1NC2(CCCCC2)c2cc(Nc3ccncn3)cc(Cl)c21. The van der Waals surface area contributed by atoms with E-state index in [0.29, 0.717) is 16.4 Å². The molecule has 1 spiro atoms. The zero-order valence-electron chi connectivity index (χ0n) is 12.6. The Hall–Kier alpha value is -2.14. The smallest absolute Gasteiger partial charge is 0.253 e. The van der Waals surface area contributed by atoms with Gasteiger partial charge in [0, 0.05) is 11.9 Å². The first-order valence-corrected chi connectivity index (χ1v) is 8.25. The fourth-order valence-corrected chi connectivity index (χ4v) is 4.00. The van der Waals surface area contributed by atoms with Crippen molar-refractivity contribution in [2.24, 2.45) is 0 Å². The van der Waals surface area contributed by atoms with Gasteiger partial charge in [0.25, 0.3) is 5.91 Å². The van der Waals surface area contributed by atoms with Gasteiger partial charge in [0.2, 0.25) is 0 Å². The maximum absolute atomic E-state index is 12.4. The molecular formula is C17H17ClN4O. The number of amides is 1. The maximum Gasteiger partial charge on any atom is 0.253 e. The lowest BCUT2D eigenvalue weighted by atomic mass is 9.77. The molecule has 1 fully saturated rings. The first-order chi connectivity index (χ1) is 11.2. The summed E-state index contributed by atoms with van der Waals surface area (Å²) in [5, 5.41) is 6.91. The Morgan fingerprint density at radius 1 is 1.22 bits per heavy atom. The second-order valence-electron chi connectivity index (χ2n) is 6.20. The highest BCUT2D eigenvalue weighted by Crippen LogP contribution is 2.45. The first-order valence-electron chi connectivity index (χ1n) is 7.88. The summed E-state index contributed by atoms with van der Waals surface area (Å²) in [6.45, 7) is 0. The summed E-state index contributed by atoms with van der Waals surface area (Å²) < 4.78 is 0. The van der Waals surface area contributed by atoms with Crippen LogP contribution >= 0.6 is 11.6 Å². The molecule has 118 valence electrons. The second-order valence-corrected chi connectivity index (χ2v) is 6.60. The topological polar surface area (TPSA) is 66.9 Å². The number of anilines is 2. The van der Waals surface area contributed by atoms with Crippen LogP contribution in [-0.2, 0) is 5.54 Å². The summed E-state index contributed by atoms with van der Waals surface area (Å²) in [6, 6.07) is 5.61. The van der Waals surface area contributed by atoms with Crippen LogP contribution in [0, 0.1) is 0 Å². The van der Waals surface area contributed by atoms with E-state index in [2.05, 4.69) is 20.6 Å². The van der Waals surface area contributed by atoms with E-state index in [0.717, 1.165) is 36.9 Å². The van der Waals surface area contributed by atoms with E-state index in [1.807, 2.05) is 6.07 Å². The monoisotopic (exact) mass is 328 g/mol. The third-order valence-corrected chi connectivity index (χ3v) is 5.05. The van der Waals surface area contributed by atoms with E-state index in [-0.39, 0.29) is 11.4 Å². The molecule has 6 heteroatoms. The predicted octanol–water partition coefficient (Wildman–Crippen LogP) is 3.78. The molecule has 4 rings (SSSR count). The van der Waals surface area contributed by atoms with Crippen molar-refractivity contribution in [3.8, 4) is 0 Å². The molecule has 0 bridgehead atoms. The third-order valence-electron chi connectivity index (χ3n) is 4.75. The molecule has 23 heavy (non-hydrogen) atoms. The van der Waals surface area contributed by atoms with E-state index < -0.39 is 0 Å². The number of carbonyl (C=O) groups excluding carboxylic acids is 1. The zero-order chi connectivity index (χ0) is 15.9. The van der Waals surface area contributed by atoms with Gasteiger partial charge in [-0.3, -0.25) is 4.79 Å². The van der Waals surface area contributed by atoms with Gasteiger partial charge in [0.15, 0.2) is 0 Å². The Bertz CT molecular complexity index is 757. The zero-order valence-corrected chi connectivity index (χ0v) is 13.4. The molecule has 1 saturated carbocycles. The summed E-state index contributed by atoms with van der Waals surface area (Å²) in [5.74, 6) is 0.645. The van der Waals surface area contributed by atoms with Crippen LogP contribution < -0.4 is 10.6 Å². The number of rotatable bonds is 2. The fourth-order valence-electron chi connectivity index (χ4n) is 3.70. The molecule has 0 atom stereocenters. The Morgan fingerprint density at radius 3 is 2.78 bits per heavy atom. The summed E-state index contributed by atoms with van der Waals surface area (Å²) in [4.78, 5) is 20.5. The maximum atomic E-state index is 12.4. The van der Waals surface area contributed by atoms with Crippen molar-refractivity contribution in [3.05, 3.63) is 46.9 Å². The molecule has 1 aliphatic heterocycles. The van der Waals surface area contributed by atoms with Crippen LogP contribution in [0.1, 0.15) is 48.0 Å². The van der Waals surface area contributed by atoms with Crippen LogP contribution in [0.5, 0.6) is 0 Å². The van der Waals surface area contributed by atoms with Crippen LogP contribution in [0.3, 0.4) is 0 Å². The average Bonchev–Trinajstić information content (AvgIpc) is 2.81. The van der Waals surface area contributed by atoms with Gasteiger partial charge in [-0.2, -0.15) is 0 Å². The third kappa shape index (κ3) is 2.45. The van der Waals surface area contributed by atoms with Gasteiger partial charge in [0.05, 0.1) is 16.1 Å². The molecule has 2 aromatic rings. The largest absolute Gasteiger partial charge is 0.342 e. The molecule has 0 radical (unpaired) electrons. The number of aromatic nitrogens is 2. The van der Waals surface area contributed by atoms with E-state index in [9.17, 15) is 4.79 Å². The summed E-state index contributed by atoms with van der Waals surface area (Å²) >= 11 is 6.40. The Morgan fingerprint density at radius 2 is 2.04 bits per heavy atom. The van der Waals surface area contributed by atoms with Crippen molar-refractivity contribution in [1.29, 1.82) is 0 Å². The second kappa shape index (κ2) is 5.49. The number of nitrogens with zero attached hydrogens (tertiary/aromatic N) is 2. The van der Waals surface area contributed by atoms with Crippen LogP contribution in [0.4, 0.5) is 11.5 Å². The number of halogens is 1. The minimum atomic E-state index is -0.252. The minimum Gasteiger partial charge on any atom is -0.342 e. The van der Waals surface area contributed by atoms with Gasteiger partial charge in [0.1, 0.15) is 12.1 Å². The standard InChI is InChI=1S/C17H17ClN4O/c18-13-9-11(21-14-4-7-19-10-20-14)8-12-15(13)16(23)22-17(12)5-2-1-3-6-17/h4,7-10H,1-3,5-6H2,(H,22,23)(H,19,20,21). The summed E-state index contributed by atoms with van der Waals surface area (Å²) in [6.07, 6.45) is 8.59. The molecule has 2 N–H and O–H groups in total. The number of carbonyl (C=O) groups is 1. The van der Waals surface area contributed by atoms with Crippen molar-refractivity contribution < 1.29 is 4.79 Å². The van der Waals surface area contributed by atoms with E-state index >= 15 is 0 Å². The van der Waals surface area contributed by atoms with Crippen LogP contribution in [0.2, 0.25) is 5.02 Å². The molecule has 2 heterocycles. The molecule has 1 aromatic heterocycles. The molecule has 1 amide bonds. The molecule has 2 aliphatic rings. The van der Waals surface area contributed by atoms with Crippen molar-refractivity contribution in [1.82, 2.24) is 15.3 Å². The summed E-state index contributed by atoms with van der Waals surface area (Å²) in [7, 11) is 0. The molecular weight excluding hydrogens is 312 g/mol. The normalized spacial score (nSPS) is 18.6. The van der Waals surface area contributed by atoms with Gasteiger partial charge in [-0.15, -0.1) is 0 Å². The molecule has 1 aromatic carbocycles. The van der Waals surface area contributed by atoms with E-state index in [1.165, 1.54) is 12.7 Å². The van der Waals surface area contributed by atoms with Crippen molar-refractivity contribution in [2.75, 3.05) is 5.32 Å². The van der Waals surface area contributed by atoms with Crippen molar-refractivity contribution in [3.63, 3.8) is 0 Å². The van der Waals surface area contributed by atoms with Crippen LogP contribution in [0.15, 0.2) is 30.7 Å². The minimum absolute atomic E-state index is 0.0551. The lowest BCUT2D eigenvalue weighted by Gasteiger charge is -2.34. The Labute approximate surface area is 139 Å². The number of hydrogen-bond donors (Lipinski definition) is 2. The van der Waals surface area contributed by atoms with Crippen molar-refractivity contribution in [2.45, 2.75) is 37.6 Å². The van der Waals surface area contributed by atoms with Gasteiger partial charge in [-0.1, -0.05) is 30.9 Å². The highest BCUT2D eigenvalue weighted by molar-refractivity contribution is 6.34. The predicted molar refractivity (Wildman–Crippen MR) is 89.0 cm³/mol. The van der Waals surface area contributed by atoms with Gasteiger partial charge in [-0.05, 0) is 36.6 Å². The van der Waals surface area contributed by atoms with Crippen LogP contribution in [0.25, 0.3) is 0 Å². The van der Waals surface area contributed by atoms with E-state index in [1.54, 1.807) is 18.3 Å².